The number of aromatic nitrogens is 3. The SMILES string of the molecule is CCOC(=O)c1cc2nc(-c3ccccc3)cc(Cl)n2n1. The van der Waals surface area contributed by atoms with Gasteiger partial charge in [0.15, 0.2) is 11.3 Å². The van der Waals surface area contributed by atoms with Gasteiger partial charge in [-0.25, -0.2) is 14.3 Å². The van der Waals surface area contributed by atoms with Crippen LogP contribution in [0.4, 0.5) is 0 Å². The molecule has 0 fully saturated rings. The Morgan fingerprint density at radius 2 is 2.05 bits per heavy atom. The largest absolute Gasteiger partial charge is 0.461 e. The first-order valence-electron chi connectivity index (χ1n) is 6.48. The normalized spacial score (nSPS) is 10.8. The van der Waals surface area contributed by atoms with Crippen molar-refractivity contribution < 1.29 is 9.53 Å². The number of nitrogens with zero attached hydrogens (tertiary/aromatic N) is 3. The number of carbonyl (C=O) groups is 1. The summed E-state index contributed by atoms with van der Waals surface area (Å²) in [6.07, 6.45) is 0. The zero-order valence-corrected chi connectivity index (χ0v) is 12.0. The van der Waals surface area contributed by atoms with Crippen LogP contribution in [0.25, 0.3) is 16.9 Å². The van der Waals surface area contributed by atoms with Crippen LogP contribution in [0.5, 0.6) is 0 Å². The van der Waals surface area contributed by atoms with Crippen molar-refractivity contribution in [2.24, 2.45) is 0 Å². The standard InChI is InChI=1S/C15H12ClN3O2/c1-2-21-15(20)12-9-14-17-11(8-13(16)19(14)18-12)10-6-4-3-5-7-10/h3-9H,2H2,1H3. The first-order valence-corrected chi connectivity index (χ1v) is 6.85. The summed E-state index contributed by atoms with van der Waals surface area (Å²) in [4.78, 5) is 16.2. The Balaban J connectivity index is 2.10. The molecule has 0 amide bonds. The average Bonchev–Trinajstić information content (AvgIpc) is 2.93. The molecule has 3 aromatic rings. The molecule has 6 heteroatoms. The Hall–Kier alpha value is -2.40. The second-order valence-corrected chi connectivity index (χ2v) is 4.74. The van der Waals surface area contributed by atoms with Crippen molar-refractivity contribution in [1.29, 1.82) is 0 Å². The van der Waals surface area contributed by atoms with Gasteiger partial charge < -0.3 is 4.74 Å². The van der Waals surface area contributed by atoms with E-state index in [4.69, 9.17) is 16.3 Å². The highest BCUT2D eigenvalue weighted by molar-refractivity contribution is 6.30. The van der Waals surface area contributed by atoms with Gasteiger partial charge in [0.1, 0.15) is 5.15 Å². The maximum absolute atomic E-state index is 11.7. The summed E-state index contributed by atoms with van der Waals surface area (Å²) in [6, 6.07) is 12.9. The van der Waals surface area contributed by atoms with Gasteiger partial charge in [-0.05, 0) is 6.92 Å². The molecule has 0 unspecified atom stereocenters. The Morgan fingerprint density at radius 1 is 1.29 bits per heavy atom. The number of ether oxygens (including phenoxy) is 1. The Morgan fingerprint density at radius 3 is 2.76 bits per heavy atom. The highest BCUT2D eigenvalue weighted by atomic mass is 35.5. The van der Waals surface area contributed by atoms with E-state index in [1.807, 2.05) is 30.3 Å². The van der Waals surface area contributed by atoms with Crippen LogP contribution in [0.15, 0.2) is 42.5 Å². The van der Waals surface area contributed by atoms with Gasteiger partial charge in [-0.15, -0.1) is 0 Å². The van der Waals surface area contributed by atoms with Crippen molar-refractivity contribution in [1.82, 2.24) is 14.6 Å². The van der Waals surface area contributed by atoms with Gasteiger partial charge in [0.05, 0.1) is 12.3 Å². The minimum Gasteiger partial charge on any atom is -0.461 e. The Labute approximate surface area is 126 Å². The van der Waals surface area contributed by atoms with E-state index in [2.05, 4.69) is 10.1 Å². The number of fused-ring (bicyclic) bond motifs is 1. The predicted octanol–water partition coefficient (Wildman–Crippen LogP) is 3.23. The van der Waals surface area contributed by atoms with E-state index in [-0.39, 0.29) is 5.69 Å². The highest BCUT2D eigenvalue weighted by Crippen LogP contribution is 2.22. The van der Waals surface area contributed by atoms with Crippen molar-refractivity contribution >= 4 is 23.2 Å². The van der Waals surface area contributed by atoms with Crippen LogP contribution in [0.2, 0.25) is 5.15 Å². The van der Waals surface area contributed by atoms with E-state index >= 15 is 0 Å². The number of carbonyl (C=O) groups excluding carboxylic acids is 1. The van der Waals surface area contributed by atoms with Crippen molar-refractivity contribution in [3.63, 3.8) is 0 Å². The average molecular weight is 302 g/mol. The summed E-state index contributed by atoms with van der Waals surface area (Å²) < 4.78 is 6.34. The molecule has 0 aliphatic rings. The molecule has 3 rings (SSSR count). The van der Waals surface area contributed by atoms with E-state index in [9.17, 15) is 4.79 Å². The zero-order valence-electron chi connectivity index (χ0n) is 11.3. The molecule has 0 saturated carbocycles. The van der Waals surface area contributed by atoms with Gasteiger partial charge in [-0.2, -0.15) is 5.10 Å². The molecule has 106 valence electrons. The van der Waals surface area contributed by atoms with Crippen LogP contribution < -0.4 is 0 Å². The topological polar surface area (TPSA) is 56.5 Å². The number of hydrogen-bond acceptors (Lipinski definition) is 4. The Bertz CT molecular complexity index is 799. The molecule has 0 radical (unpaired) electrons. The summed E-state index contributed by atoms with van der Waals surface area (Å²) in [7, 11) is 0. The second kappa shape index (κ2) is 5.54. The van der Waals surface area contributed by atoms with Gasteiger partial charge >= 0.3 is 5.97 Å². The lowest BCUT2D eigenvalue weighted by Crippen LogP contribution is -2.05. The second-order valence-electron chi connectivity index (χ2n) is 4.35. The summed E-state index contributed by atoms with van der Waals surface area (Å²) in [6.45, 7) is 2.04. The molecule has 0 aliphatic carbocycles. The van der Waals surface area contributed by atoms with Crippen molar-refractivity contribution in [2.75, 3.05) is 6.61 Å². The summed E-state index contributed by atoms with van der Waals surface area (Å²) in [5.41, 5.74) is 2.37. The molecule has 2 heterocycles. The molecule has 0 aliphatic heterocycles. The summed E-state index contributed by atoms with van der Waals surface area (Å²) in [5.74, 6) is -0.486. The minimum atomic E-state index is -0.486. The molecule has 0 N–H and O–H groups in total. The van der Waals surface area contributed by atoms with Crippen LogP contribution in [0, 0.1) is 0 Å². The highest BCUT2D eigenvalue weighted by Gasteiger charge is 2.15. The Kier molecular flexibility index (Phi) is 3.58. The van der Waals surface area contributed by atoms with E-state index in [1.165, 1.54) is 4.52 Å². The fourth-order valence-electron chi connectivity index (χ4n) is 2.00. The molecule has 0 saturated heterocycles. The van der Waals surface area contributed by atoms with Crippen LogP contribution in [-0.2, 0) is 4.74 Å². The third-order valence-electron chi connectivity index (χ3n) is 2.94. The minimum absolute atomic E-state index is 0.191. The van der Waals surface area contributed by atoms with E-state index in [1.54, 1.807) is 19.1 Å². The fraction of sp³-hybridized carbons (Fsp3) is 0.133. The molecule has 21 heavy (non-hydrogen) atoms. The fourth-order valence-corrected chi connectivity index (χ4v) is 2.23. The van der Waals surface area contributed by atoms with Crippen LogP contribution in [0.3, 0.4) is 0 Å². The van der Waals surface area contributed by atoms with Gasteiger partial charge in [0.25, 0.3) is 0 Å². The lowest BCUT2D eigenvalue weighted by Gasteiger charge is -2.03. The monoisotopic (exact) mass is 301 g/mol. The van der Waals surface area contributed by atoms with Gasteiger partial charge in [-0.1, -0.05) is 41.9 Å². The molecule has 1 aromatic carbocycles. The molecule has 0 bridgehead atoms. The number of benzene rings is 1. The maximum Gasteiger partial charge on any atom is 0.358 e. The number of esters is 1. The zero-order chi connectivity index (χ0) is 14.8. The predicted molar refractivity (Wildman–Crippen MR) is 79.4 cm³/mol. The third-order valence-corrected chi connectivity index (χ3v) is 3.21. The molecule has 0 atom stereocenters. The molecule has 0 spiro atoms. The lowest BCUT2D eigenvalue weighted by molar-refractivity contribution is 0.0519. The summed E-state index contributed by atoms with van der Waals surface area (Å²) in [5, 5.41) is 4.50. The van der Waals surface area contributed by atoms with Gasteiger partial charge in [-0.3, -0.25) is 0 Å². The smallest absolute Gasteiger partial charge is 0.358 e. The van der Waals surface area contributed by atoms with E-state index < -0.39 is 5.97 Å². The quantitative estimate of drug-likeness (QED) is 0.550. The molecular weight excluding hydrogens is 290 g/mol. The van der Waals surface area contributed by atoms with Crippen LogP contribution in [0.1, 0.15) is 17.4 Å². The molecule has 5 nitrogen and oxygen atoms in total. The van der Waals surface area contributed by atoms with E-state index in [0.29, 0.717) is 17.4 Å². The van der Waals surface area contributed by atoms with Crippen LogP contribution >= 0.6 is 11.6 Å². The first-order chi connectivity index (χ1) is 10.2. The number of halogens is 1. The maximum atomic E-state index is 11.7. The van der Waals surface area contributed by atoms with Gasteiger partial charge in [0, 0.05) is 17.7 Å². The third kappa shape index (κ3) is 2.60. The first kappa shape index (κ1) is 13.6. The van der Waals surface area contributed by atoms with Gasteiger partial charge in [0.2, 0.25) is 0 Å². The molecular formula is C15H12ClN3O2. The van der Waals surface area contributed by atoms with Crippen molar-refractivity contribution in [3.05, 3.63) is 53.3 Å². The lowest BCUT2D eigenvalue weighted by atomic mass is 10.1. The number of hydrogen-bond donors (Lipinski definition) is 0. The summed E-state index contributed by atoms with van der Waals surface area (Å²) >= 11 is 6.22. The van der Waals surface area contributed by atoms with Crippen molar-refractivity contribution in [3.8, 4) is 11.3 Å². The van der Waals surface area contributed by atoms with Crippen molar-refractivity contribution in [2.45, 2.75) is 6.92 Å². The van der Waals surface area contributed by atoms with E-state index in [0.717, 1.165) is 11.3 Å². The molecule has 2 aromatic heterocycles. The van der Waals surface area contributed by atoms with Crippen LogP contribution in [-0.4, -0.2) is 27.2 Å². The number of rotatable bonds is 3.